The van der Waals surface area contributed by atoms with E-state index in [0.717, 1.165) is 33.7 Å². The van der Waals surface area contributed by atoms with Gasteiger partial charge in [0.05, 0.1) is 23.7 Å². The Morgan fingerprint density at radius 2 is 1.02 bits per heavy atom. The third-order valence-electron chi connectivity index (χ3n) is 5.71. The minimum absolute atomic E-state index is 0. The minimum Gasteiger partial charge on any atom is -0.789 e. The Hall–Kier alpha value is -0.400. The topological polar surface area (TPSA) is 473 Å². The fourth-order valence-electron chi connectivity index (χ4n) is 3.75. The summed E-state index contributed by atoms with van der Waals surface area (Å²) in [6, 6.07) is 2.10. The van der Waals surface area contributed by atoms with E-state index in [-0.39, 0.29) is 59.1 Å². The number of hydrogen-bond donors (Lipinski definition) is 12. The zero-order chi connectivity index (χ0) is 41.0. The molecule has 292 valence electrons. The van der Waals surface area contributed by atoms with Gasteiger partial charge in [0.15, 0.2) is 12.5 Å². The van der Waals surface area contributed by atoms with E-state index in [1.54, 1.807) is 0 Å². The molecule has 4 unspecified atom stereocenters. The van der Waals surface area contributed by atoms with E-state index in [9.17, 15) is 67.7 Å². The average Bonchev–Trinajstić information content (AvgIpc) is 3.41. The van der Waals surface area contributed by atoms with Crippen molar-refractivity contribution < 1.29 is 163 Å². The second-order valence-electron chi connectivity index (χ2n) is 9.40. The van der Waals surface area contributed by atoms with Crippen molar-refractivity contribution in [2.45, 2.75) is 49.1 Å². The molecular weight excluding hydrogens is 842 g/mol. The van der Waals surface area contributed by atoms with Crippen LogP contribution in [0, 0.1) is 0 Å². The molecule has 2 saturated heterocycles. The molecule has 12 atom stereocenters. The number of aliphatic hydroxyl groups excluding tert-OH is 6. The summed E-state index contributed by atoms with van der Waals surface area (Å²) in [5.74, 6) is 0. The Bertz CT molecular complexity index is 1870. The minimum atomic E-state index is -6.04. The Balaban J connectivity index is 0.000000782. The van der Waals surface area contributed by atoms with Crippen LogP contribution >= 0.6 is 31.3 Å². The van der Waals surface area contributed by atoms with Gasteiger partial charge in [-0.25, -0.2) is 23.3 Å². The molecule has 4 heterocycles. The van der Waals surface area contributed by atoms with Gasteiger partial charge in [0.1, 0.15) is 36.6 Å². The number of phosphoric acid groups is 4. The normalized spacial score (nSPS) is 29.4. The number of aliphatic hydroxyl groups is 6. The molecule has 35 heteroatoms. The summed E-state index contributed by atoms with van der Waals surface area (Å²) in [7, 11) is -23.3. The van der Waals surface area contributed by atoms with Gasteiger partial charge in [0, 0.05) is 24.5 Å². The van der Waals surface area contributed by atoms with Gasteiger partial charge >= 0.3 is 94.0 Å². The third-order valence-corrected chi connectivity index (χ3v) is 10.7. The summed E-state index contributed by atoms with van der Waals surface area (Å²) >= 11 is 0. The molecule has 2 fully saturated rings. The molecule has 2 aliphatic heterocycles. The summed E-state index contributed by atoms with van der Waals surface area (Å²) in [5, 5.41) is 56.6. The van der Waals surface area contributed by atoms with Gasteiger partial charge in [-0.3, -0.25) is 33.0 Å². The number of nitrogens with one attached hydrogen (secondary N) is 2. The summed E-state index contributed by atoms with van der Waals surface area (Å²) in [6.07, 6.45) is -8.97. The fourth-order valence-corrected chi connectivity index (χ4v) is 7.66. The molecule has 2 aromatic rings. The standard InChI is InChI=1S/2C9H12N2O6.2Na.H6O13P4/c2*12-3-4-6(14)7(15)8(17-4)11-2-1-5(13)10-9(11)16;;;1-14(2,3)11-16(7,8)13-17(9,10)12-15(4,5)6/h2*1-2,4,6-8,12,14-15H,3H2,(H,10,13,16);;;(H,7,8)(H,9,10)(H2,1,2,3)(H2,4,5,6)/q;;2*+1;/p-2/t2*4-,6-,7-,8-;;;/m11.../s1/i2*3D;;;/t2*3?,4-,6-,7-,8-;;;. The number of H-pyrrole nitrogens is 2. The predicted molar refractivity (Wildman–Crippen MR) is 151 cm³/mol. The van der Waals surface area contributed by atoms with Crippen molar-refractivity contribution in [3.8, 4) is 0 Å². The average molecular weight is 872 g/mol. The van der Waals surface area contributed by atoms with Crippen molar-refractivity contribution in [1.29, 1.82) is 0 Å². The molecule has 0 aromatic carbocycles. The molecule has 53 heavy (non-hydrogen) atoms. The van der Waals surface area contributed by atoms with Gasteiger partial charge in [0.2, 0.25) is 0 Å². The monoisotopic (exact) mass is 872 g/mol. The van der Waals surface area contributed by atoms with E-state index >= 15 is 0 Å². The molecule has 29 nitrogen and oxygen atoms in total. The Morgan fingerprint density at radius 1 is 0.679 bits per heavy atom. The van der Waals surface area contributed by atoms with Crippen LogP contribution in [0.3, 0.4) is 0 Å². The number of rotatable bonds is 10. The van der Waals surface area contributed by atoms with Crippen LogP contribution in [-0.4, -0.2) is 119 Å². The van der Waals surface area contributed by atoms with Crippen molar-refractivity contribution in [3.05, 3.63) is 66.2 Å². The van der Waals surface area contributed by atoms with Crippen LogP contribution in [0.4, 0.5) is 0 Å². The van der Waals surface area contributed by atoms with Crippen molar-refractivity contribution in [2.75, 3.05) is 13.2 Å². The maximum absolute atomic E-state index is 11.5. The van der Waals surface area contributed by atoms with E-state index < -0.39 is 116 Å². The summed E-state index contributed by atoms with van der Waals surface area (Å²) in [6.45, 7) is -3.50. The summed E-state index contributed by atoms with van der Waals surface area (Å²) < 4.78 is 76.1. The van der Waals surface area contributed by atoms with Gasteiger partial charge < -0.3 is 74.0 Å². The number of ether oxygens (including phenoxy) is 2. The Morgan fingerprint density at radius 3 is 1.28 bits per heavy atom. The SMILES string of the molecule is O=P([O-])([O-])OP(=O)(O)OP(=O)(O)OP(=O)(O)O.[2H]C(O)[C@H]1O[C@@H](n2ccc(=O)[nH]c2=O)[C@H](O)[C@@H]1O.[2H]C(O)[C@H]1O[C@@H](n2ccc(=O)[nH]c2=O)[C@H](O)[C@@H]1O.[Na+].[Na+]. The molecule has 2 aliphatic rings. The molecule has 12 N–H and O–H groups in total. The predicted octanol–water partition coefficient (Wildman–Crippen LogP) is -13.5. The van der Waals surface area contributed by atoms with E-state index in [2.05, 4.69) is 12.9 Å². The maximum Gasteiger partial charge on any atom is 1.00 e. The second kappa shape index (κ2) is 21.4. The second-order valence-corrected chi connectivity index (χ2v) is 15.1. The van der Waals surface area contributed by atoms with Crippen LogP contribution in [-0.2, 0) is 40.7 Å². The first-order valence-electron chi connectivity index (χ1n) is 13.8. The Kier molecular flexibility index (Phi) is 19.7. The van der Waals surface area contributed by atoms with Crippen molar-refractivity contribution in [1.82, 2.24) is 19.1 Å². The molecule has 0 saturated carbocycles. The summed E-state index contributed by atoms with van der Waals surface area (Å²) in [5.41, 5.74) is -2.86. The quantitative estimate of drug-likeness (QED) is 0.0779. The largest absolute Gasteiger partial charge is 1.00 e. The van der Waals surface area contributed by atoms with Crippen LogP contribution in [0.5, 0.6) is 0 Å². The van der Waals surface area contributed by atoms with Crippen molar-refractivity contribution in [3.63, 3.8) is 0 Å². The van der Waals surface area contributed by atoms with Crippen LogP contribution < -0.4 is 91.4 Å². The van der Waals surface area contributed by atoms with Crippen molar-refractivity contribution >= 4 is 31.3 Å². The number of aromatic amines is 2. The smallest absolute Gasteiger partial charge is 0.789 e. The molecule has 0 radical (unpaired) electrons. The van der Waals surface area contributed by atoms with Gasteiger partial charge in [-0.2, -0.15) is 8.62 Å². The molecule has 0 bridgehead atoms. The number of aromatic nitrogens is 4. The van der Waals surface area contributed by atoms with Gasteiger partial charge in [-0.05, 0) is 0 Å². The van der Waals surface area contributed by atoms with Crippen LogP contribution in [0.2, 0.25) is 0 Å². The van der Waals surface area contributed by atoms with E-state index in [1.807, 2.05) is 9.97 Å². The van der Waals surface area contributed by atoms with Crippen LogP contribution in [0.15, 0.2) is 43.7 Å². The van der Waals surface area contributed by atoms with Crippen LogP contribution in [0.25, 0.3) is 0 Å². The molecule has 2 aromatic heterocycles. The van der Waals surface area contributed by atoms with E-state index in [4.69, 9.17) is 42.0 Å². The van der Waals surface area contributed by atoms with Gasteiger partial charge in [0.25, 0.3) is 11.1 Å². The fraction of sp³-hybridized carbons (Fsp3) is 0.556. The molecule has 0 amide bonds. The molecule has 0 aliphatic carbocycles. The Labute approximate surface area is 339 Å². The van der Waals surface area contributed by atoms with Gasteiger partial charge in [-0.15, -0.1) is 0 Å². The van der Waals surface area contributed by atoms with E-state index in [1.165, 1.54) is 0 Å². The zero-order valence-electron chi connectivity index (χ0n) is 28.4. The molecule has 0 spiro atoms. The summed E-state index contributed by atoms with van der Waals surface area (Å²) in [4.78, 5) is 102. The first-order valence-corrected chi connectivity index (χ1v) is 18.7. The number of hydrogen-bond acceptors (Lipinski definition) is 21. The first-order chi connectivity index (χ1) is 23.9. The zero-order valence-corrected chi connectivity index (χ0v) is 33.9. The molecule has 4 rings (SSSR count). The van der Waals surface area contributed by atoms with Gasteiger partial charge in [-0.1, -0.05) is 0 Å². The number of nitrogens with zero attached hydrogens (tertiary/aromatic N) is 2. The third kappa shape index (κ3) is 16.5. The van der Waals surface area contributed by atoms with Crippen molar-refractivity contribution in [2.24, 2.45) is 0 Å². The first kappa shape index (κ1) is 48.7. The molecular formula is C18H28N4Na2O25P4. The van der Waals surface area contributed by atoms with E-state index in [0.29, 0.717) is 0 Å². The van der Waals surface area contributed by atoms with Crippen LogP contribution in [0.1, 0.15) is 15.2 Å². The maximum atomic E-state index is 11.5.